The van der Waals surface area contributed by atoms with Gasteiger partial charge in [-0.1, -0.05) is 75.6 Å². The van der Waals surface area contributed by atoms with Crippen molar-refractivity contribution in [3.8, 4) is 10.4 Å². The summed E-state index contributed by atoms with van der Waals surface area (Å²) in [5, 5.41) is 2.17. The maximum atomic E-state index is 3.73. The lowest BCUT2D eigenvalue weighted by Crippen LogP contribution is -2.06. The molecular weight excluding hydrogens is 412 g/mol. The van der Waals surface area contributed by atoms with Crippen LogP contribution in [0.4, 0.5) is 0 Å². The third-order valence-electron chi connectivity index (χ3n) is 6.08. The van der Waals surface area contributed by atoms with E-state index in [1.165, 1.54) is 48.3 Å². The zero-order chi connectivity index (χ0) is 18.5. The third kappa shape index (κ3) is 2.78. The smallest absolute Gasteiger partial charge is 0.0348 e. The minimum Gasteiger partial charge on any atom is -0.144 e. The molecule has 0 amide bonds. The Morgan fingerprint density at radius 3 is 2.19 bits per heavy atom. The Morgan fingerprint density at radius 2 is 1.48 bits per heavy atom. The number of hydrogen-bond acceptors (Lipinski definition) is 1. The van der Waals surface area contributed by atoms with E-state index in [0.29, 0.717) is 11.8 Å². The summed E-state index contributed by atoms with van der Waals surface area (Å²) >= 11 is 5.56. The Balaban J connectivity index is 1.54. The molecule has 2 aromatic carbocycles. The summed E-state index contributed by atoms with van der Waals surface area (Å²) in [6.07, 6.45) is 5.93. The lowest BCUT2D eigenvalue weighted by molar-refractivity contribution is 0.642. The molecule has 2 unspecified atom stereocenters. The monoisotopic (exact) mass is 432 g/mol. The standard InChI is InChI=1S/C25H21BrS/c1-15-12-22-17(6-3-8-19(22)25-10-5-11-27-25)20(15)14-21-16(2)13-23-18(21)7-4-9-24(23)26/h3-13,20-21H,14H2,1-2H3. The molecule has 0 fully saturated rings. The van der Waals surface area contributed by atoms with Gasteiger partial charge in [0.15, 0.2) is 0 Å². The van der Waals surface area contributed by atoms with E-state index in [4.69, 9.17) is 0 Å². The SMILES string of the molecule is CC1=Cc2c(Br)cccc2C1CC1C(C)=Cc2c(-c3cccs3)cccc21. The molecule has 134 valence electrons. The molecule has 2 atom stereocenters. The average Bonchev–Trinajstić information content (AvgIpc) is 3.36. The Hall–Kier alpha value is -1.90. The van der Waals surface area contributed by atoms with Crippen LogP contribution < -0.4 is 0 Å². The maximum Gasteiger partial charge on any atom is 0.0348 e. The van der Waals surface area contributed by atoms with E-state index < -0.39 is 0 Å². The van der Waals surface area contributed by atoms with Crippen LogP contribution in [0.2, 0.25) is 0 Å². The van der Waals surface area contributed by atoms with Crippen LogP contribution >= 0.6 is 27.3 Å². The first-order valence-electron chi connectivity index (χ1n) is 9.45. The van der Waals surface area contributed by atoms with E-state index in [-0.39, 0.29) is 0 Å². The number of thiophene rings is 1. The van der Waals surface area contributed by atoms with Crippen molar-refractivity contribution in [1.29, 1.82) is 0 Å². The van der Waals surface area contributed by atoms with Crippen molar-refractivity contribution in [2.45, 2.75) is 32.1 Å². The fourth-order valence-corrected chi connectivity index (χ4v) is 5.97. The topological polar surface area (TPSA) is 0 Å². The molecule has 2 aliphatic rings. The van der Waals surface area contributed by atoms with E-state index in [9.17, 15) is 0 Å². The predicted octanol–water partition coefficient (Wildman–Crippen LogP) is 8.27. The van der Waals surface area contributed by atoms with Crippen molar-refractivity contribution in [1.82, 2.24) is 0 Å². The van der Waals surface area contributed by atoms with Crippen LogP contribution in [0.25, 0.3) is 22.6 Å². The molecule has 27 heavy (non-hydrogen) atoms. The van der Waals surface area contributed by atoms with Gasteiger partial charge in [-0.15, -0.1) is 11.3 Å². The first kappa shape index (κ1) is 17.2. The Morgan fingerprint density at radius 1 is 0.815 bits per heavy atom. The molecule has 0 N–H and O–H groups in total. The summed E-state index contributed by atoms with van der Waals surface area (Å²) in [7, 11) is 0. The second-order valence-electron chi connectivity index (χ2n) is 7.65. The predicted molar refractivity (Wildman–Crippen MR) is 121 cm³/mol. The molecule has 1 aromatic heterocycles. The largest absolute Gasteiger partial charge is 0.144 e. The Kier molecular flexibility index (Phi) is 4.22. The maximum absolute atomic E-state index is 3.73. The summed E-state index contributed by atoms with van der Waals surface area (Å²) < 4.78 is 1.21. The highest BCUT2D eigenvalue weighted by Crippen LogP contribution is 2.50. The number of benzene rings is 2. The molecule has 3 aromatic rings. The van der Waals surface area contributed by atoms with Gasteiger partial charge < -0.3 is 0 Å². The first-order valence-corrected chi connectivity index (χ1v) is 11.1. The van der Waals surface area contributed by atoms with Crippen LogP contribution in [0, 0.1) is 0 Å². The number of hydrogen-bond donors (Lipinski definition) is 0. The molecule has 0 nitrogen and oxygen atoms in total. The van der Waals surface area contributed by atoms with Crippen molar-refractivity contribution in [2.24, 2.45) is 0 Å². The average molecular weight is 433 g/mol. The summed E-state index contributed by atoms with van der Waals surface area (Å²) in [5.74, 6) is 1.00. The number of allylic oxidation sites excluding steroid dienone is 2. The van der Waals surface area contributed by atoms with Crippen LogP contribution in [0.3, 0.4) is 0 Å². The van der Waals surface area contributed by atoms with Gasteiger partial charge in [0.1, 0.15) is 0 Å². The van der Waals surface area contributed by atoms with Crippen LogP contribution in [-0.2, 0) is 0 Å². The highest BCUT2D eigenvalue weighted by atomic mass is 79.9. The molecule has 0 radical (unpaired) electrons. The third-order valence-corrected chi connectivity index (χ3v) is 7.67. The molecular formula is C25H21BrS. The van der Waals surface area contributed by atoms with Gasteiger partial charge in [-0.25, -0.2) is 0 Å². The molecule has 2 aliphatic carbocycles. The van der Waals surface area contributed by atoms with Gasteiger partial charge in [0.25, 0.3) is 0 Å². The van der Waals surface area contributed by atoms with Gasteiger partial charge in [-0.3, -0.25) is 0 Å². The molecule has 0 saturated carbocycles. The van der Waals surface area contributed by atoms with E-state index in [0.717, 1.165) is 6.42 Å². The van der Waals surface area contributed by atoms with Crippen LogP contribution in [0.15, 0.2) is 69.5 Å². The first-order chi connectivity index (χ1) is 13.1. The van der Waals surface area contributed by atoms with Gasteiger partial charge in [0.05, 0.1) is 0 Å². The molecule has 0 bridgehead atoms. The van der Waals surface area contributed by atoms with E-state index in [1.54, 1.807) is 0 Å². The normalized spacial score (nSPS) is 20.3. The second kappa shape index (κ2) is 6.61. The fraction of sp³-hybridized carbons (Fsp3) is 0.200. The van der Waals surface area contributed by atoms with Crippen molar-refractivity contribution >= 4 is 39.4 Å². The second-order valence-corrected chi connectivity index (χ2v) is 9.45. The lowest BCUT2D eigenvalue weighted by Gasteiger charge is -2.22. The van der Waals surface area contributed by atoms with Crippen LogP contribution in [-0.4, -0.2) is 0 Å². The summed E-state index contributed by atoms with van der Waals surface area (Å²) in [5.41, 5.74) is 10.1. The molecule has 0 aliphatic heterocycles. The number of rotatable bonds is 3. The van der Waals surface area contributed by atoms with Crippen molar-refractivity contribution in [3.05, 3.63) is 91.8 Å². The van der Waals surface area contributed by atoms with Gasteiger partial charge in [0, 0.05) is 21.2 Å². The lowest BCUT2D eigenvalue weighted by atomic mass is 9.82. The van der Waals surface area contributed by atoms with Gasteiger partial charge >= 0.3 is 0 Å². The molecule has 1 heterocycles. The van der Waals surface area contributed by atoms with Crippen LogP contribution in [0.5, 0.6) is 0 Å². The molecule has 0 spiro atoms. The highest BCUT2D eigenvalue weighted by Gasteiger charge is 2.31. The van der Waals surface area contributed by atoms with Gasteiger partial charge in [-0.2, -0.15) is 0 Å². The van der Waals surface area contributed by atoms with Crippen LogP contribution in [0.1, 0.15) is 54.4 Å². The van der Waals surface area contributed by atoms with Crippen molar-refractivity contribution in [3.63, 3.8) is 0 Å². The fourth-order valence-electron chi connectivity index (χ4n) is 4.71. The number of halogens is 1. The number of fused-ring (bicyclic) bond motifs is 2. The quantitative estimate of drug-likeness (QED) is 0.390. The molecule has 5 rings (SSSR count). The zero-order valence-electron chi connectivity index (χ0n) is 15.5. The molecule has 0 saturated heterocycles. The van der Waals surface area contributed by atoms with E-state index in [1.807, 2.05) is 11.3 Å². The summed E-state index contributed by atoms with van der Waals surface area (Å²) in [6.45, 7) is 4.59. The highest BCUT2D eigenvalue weighted by molar-refractivity contribution is 9.10. The Labute approximate surface area is 173 Å². The van der Waals surface area contributed by atoms with Crippen molar-refractivity contribution in [2.75, 3.05) is 0 Å². The van der Waals surface area contributed by atoms with E-state index in [2.05, 4.69) is 95.8 Å². The van der Waals surface area contributed by atoms with Gasteiger partial charge in [0.2, 0.25) is 0 Å². The van der Waals surface area contributed by atoms with E-state index >= 15 is 0 Å². The zero-order valence-corrected chi connectivity index (χ0v) is 17.9. The van der Waals surface area contributed by atoms with Gasteiger partial charge in [-0.05, 0) is 65.6 Å². The Bertz CT molecular complexity index is 1090. The minimum absolute atomic E-state index is 0.498. The van der Waals surface area contributed by atoms with Crippen molar-refractivity contribution < 1.29 is 0 Å². The summed E-state index contributed by atoms with van der Waals surface area (Å²) in [6, 6.07) is 17.8. The minimum atomic E-state index is 0.498. The summed E-state index contributed by atoms with van der Waals surface area (Å²) in [4.78, 5) is 1.36. The molecule has 2 heteroatoms.